The molecule has 3 nitrogen and oxygen atoms in total. The van der Waals surface area contributed by atoms with Crippen LogP contribution in [0.15, 0.2) is 43.0 Å². The second-order valence-corrected chi connectivity index (χ2v) is 4.23. The van der Waals surface area contributed by atoms with Crippen LogP contribution in [0.3, 0.4) is 0 Å². The number of imidazole rings is 1. The van der Waals surface area contributed by atoms with E-state index in [0.29, 0.717) is 6.04 Å². The summed E-state index contributed by atoms with van der Waals surface area (Å²) in [4.78, 5) is 4.03. The van der Waals surface area contributed by atoms with E-state index in [1.807, 2.05) is 12.5 Å². The van der Waals surface area contributed by atoms with E-state index in [1.54, 1.807) is 6.20 Å². The van der Waals surface area contributed by atoms with Gasteiger partial charge in [-0.15, -0.1) is 0 Å². The molecule has 0 radical (unpaired) electrons. The molecule has 0 fully saturated rings. The third-order valence-corrected chi connectivity index (χ3v) is 2.33. The lowest BCUT2D eigenvalue weighted by atomic mass is 10.2. The van der Waals surface area contributed by atoms with Crippen molar-refractivity contribution in [3.63, 3.8) is 0 Å². The lowest BCUT2D eigenvalue weighted by molar-refractivity contribution is 0.797. The van der Waals surface area contributed by atoms with Gasteiger partial charge in [-0.1, -0.05) is 12.1 Å². The summed E-state index contributed by atoms with van der Waals surface area (Å²) in [5, 5.41) is 3.37. The zero-order valence-electron chi connectivity index (χ0n) is 9.72. The first-order valence-electron chi connectivity index (χ1n) is 5.55. The minimum absolute atomic E-state index is 0.472. The van der Waals surface area contributed by atoms with E-state index < -0.39 is 0 Å². The fourth-order valence-corrected chi connectivity index (χ4v) is 1.63. The molecule has 1 heterocycles. The topological polar surface area (TPSA) is 29.9 Å². The van der Waals surface area contributed by atoms with Crippen LogP contribution >= 0.6 is 0 Å². The number of aromatic nitrogens is 2. The van der Waals surface area contributed by atoms with E-state index in [-0.39, 0.29) is 0 Å². The molecule has 2 aromatic rings. The second-order valence-electron chi connectivity index (χ2n) is 4.23. The molecule has 0 aliphatic rings. The van der Waals surface area contributed by atoms with Crippen molar-refractivity contribution < 1.29 is 0 Å². The van der Waals surface area contributed by atoms with Crippen molar-refractivity contribution in [2.24, 2.45) is 0 Å². The maximum atomic E-state index is 4.03. The zero-order valence-corrected chi connectivity index (χ0v) is 9.72. The highest BCUT2D eigenvalue weighted by atomic mass is 15.0. The van der Waals surface area contributed by atoms with E-state index >= 15 is 0 Å². The molecule has 0 atom stereocenters. The van der Waals surface area contributed by atoms with Crippen molar-refractivity contribution >= 4 is 5.69 Å². The number of nitrogens with zero attached hydrogens (tertiary/aromatic N) is 2. The molecular weight excluding hydrogens is 198 g/mol. The Morgan fingerprint density at radius 3 is 2.56 bits per heavy atom. The smallest absolute Gasteiger partial charge is 0.0949 e. The van der Waals surface area contributed by atoms with Crippen LogP contribution < -0.4 is 5.32 Å². The van der Waals surface area contributed by atoms with Gasteiger partial charge >= 0.3 is 0 Å². The predicted octanol–water partition coefficient (Wildman–Crippen LogP) is 2.75. The van der Waals surface area contributed by atoms with E-state index in [4.69, 9.17) is 0 Å². The van der Waals surface area contributed by atoms with Crippen LogP contribution in [-0.2, 0) is 6.54 Å². The monoisotopic (exact) mass is 215 g/mol. The van der Waals surface area contributed by atoms with Crippen LogP contribution in [-0.4, -0.2) is 15.6 Å². The van der Waals surface area contributed by atoms with E-state index in [2.05, 4.69) is 53.0 Å². The number of benzene rings is 1. The van der Waals surface area contributed by atoms with Gasteiger partial charge in [0, 0.05) is 30.7 Å². The molecule has 1 aromatic carbocycles. The van der Waals surface area contributed by atoms with Crippen LogP contribution in [0.2, 0.25) is 0 Å². The summed E-state index contributed by atoms with van der Waals surface area (Å²) < 4.78 is 2.06. The molecule has 84 valence electrons. The number of hydrogen-bond donors (Lipinski definition) is 1. The fourth-order valence-electron chi connectivity index (χ4n) is 1.63. The van der Waals surface area contributed by atoms with Crippen molar-refractivity contribution in [1.82, 2.24) is 9.55 Å². The lowest BCUT2D eigenvalue weighted by Crippen LogP contribution is -2.09. The Labute approximate surface area is 96.1 Å². The normalized spacial score (nSPS) is 10.7. The van der Waals surface area contributed by atoms with Gasteiger partial charge in [0.2, 0.25) is 0 Å². The first-order chi connectivity index (χ1) is 7.74. The molecule has 0 unspecified atom stereocenters. The van der Waals surface area contributed by atoms with Gasteiger partial charge in [0.05, 0.1) is 6.33 Å². The summed E-state index contributed by atoms with van der Waals surface area (Å²) >= 11 is 0. The summed E-state index contributed by atoms with van der Waals surface area (Å²) in [5.74, 6) is 0. The Morgan fingerprint density at radius 2 is 2.00 bits per heavy atom. The number of anilines is 1. The van der Waals surface area contributed by atoms with E-state index in [0.717, 1.165) is 6.54 Å². The summed E-state index contributed by atoms with van der Waals surface area (Å²) in [7, 11) is 0. The second kappa shape index (κ2) is 4.84. The van der Waals surface area contributed by atoms with Gasteiger partial charge in [-0.2, -0.15) is 0 Å². The first-order valence-corrected chi connectivity index (χ1v) is 5.55. The Kier molecular flexibility index (Phi) is 3.25. The van der Waals surface area contributed by atoms with Gasteiger partial charge in [-0.3, -0.25) is 0 Å². The summed E-state index contributed by atoms with van der Waals surface area (Å²) in [6.45, 7) is 5.15. The summed E-state index contributed by atoms with van der Waals surface area (Å²) in [6.07, 6.45) is 5.61. The number of rotatable bonds is 4. The van der Waals surface area contributed by atoms with Gasteiger partial charge < -0.3 is 9.88 Å². The summed E-state index contributed by atoms with van der Waals surface area (Å²) in [6, 6.07) is 8.99. The Hall–Kier alpha value is -1.77. The molecule has 1 aromatic heterocycles. The molecule has 2 rings (SSSR count). The van der Waals surface area contributed by atoms with Gasteiger partial charge in [0.25, 0.3) is 0 Å². The molecule has 0 saturated heterocycles. The minimum atomic E-state index is 0.472. The van der Waals surface area contributed by atoms with Crippen LogP contribution in [0.4, 0.5) is 5.69 Å². The van der Waals surface area contributed by atoms with Crippen molar-refractivity contribution in [3.8, 4) is 0 Å². The SMILES string of the molecule is CC(C)Nc1ccc(Cn2ccnc2)cc1. The minimum Gasteiger partial charge on any atom is -0.383 e. The van der Waals surface area contributed by atoms with Gasteiger partial charge in [0.15, 0.2) is 0 Å². The molecule has 1 N–H and O–H groups in total. The Bertz CT molecular complexity index is 415. The highest BCUT2D eigenvalue weighted by Gasteiger charge is 1.97. The molecule has 0 aliphatic heterocycles. The van der Waals surface area contributed by atoms with Crippen LogP contribution in [0.25, 0.3) is 0 Å². The average molecular weight is 215 g/mol. The maximum absolute atomic E-state index is 4.03. The summed E-state index contributed by atoms with van der Waals surface area (Å²) in [5.41, 5.74) is 2.46. The molecule has 0 saturated carbocycles. The van der Waals surface area contributed by atoms with Crippen molar-refractivity contribution in [3.05, 3.63) is 48.5 Å². The van der Waals surface area contributed by atoms with Gasteiger partial charge in [-0.25, -0.2) is 4.98 Å². The number of hydrogen-bond acceptors (Lipinski definition) is 2. The van der Waals surface area contributed by atoms with Gasteiger partial charge in [-0.05, 0) is 31.5 Å². The molecular formula is C13H17N3. The molecule has 3 heteroatoms. The van der Waals surface area contributed by atoms with Crippen molar-refractivity contribution in [2.75, 3.05) is 5.32 Å². The fraction of sp³-hybridized carbons (Fsp3) is 0.308. The van der Waals surface area contributed by atoms with E-state index in [9.17, 15) is 0 Å². The molecule has 0 spiro atoms. The zero-order chi connectivity index (χ0) is 11.4. The Morgan fingerprint density at radius 1 is 1.25 bits per heavy atom. The van der Waals surface area contributed by atoms with Crippen LogP contribution in [0.1, 0.15) is 19.4 Å². The molecule has 0 bridgehead atoms. The molecule has 0 amide bonds. The quantitative estimate of drug-likeness (QED) is 0.850. The molecule has 0 aliphatic carbocycles. The highest BCUT2D eigenvalue weighted by Crippen LogP contribution is 2.11. The van der Waals surface area contributed by atoms with Crippen molar-refractivity contribution in [1.29, 1.82) is 0 Å². The number of nitrogens with one attached hydrogen (secondary N) is 1. The Balaban J connectivity index is 2.02. The maximum Gasteiger partial charge on any atom is 0.0949 e. The standard InChI is InChI=1S/C13H17N3/c1-11(2)15-13-5-3-12(4-6-13)9-16-8-7-14-10-16/h3-8,10-11,15H,9H2,1-2H3. The average Bonchev–Trinajstić information content (AvgIpc) is 2.73. The van der Waals surface area contributed by atoms with Crippen molar-refractivity contribution in [2.45, 2.75) is 26.4 Å². The van der Waals surface area contributed by atoms with E-state index in [1.165, 1.54) is 11.3 Å². The van der Waals surface area contributed by atoms with Crippen LogP contribution in [0, 0.1) is 0 Å². The van der Waals surface area contributed by atoms with Crippen LogP contribution in [0.5, 0.6) is 0 Å². The largest absolute Gasteiger partial charge is 0.383 e. The third-order valence-electron chi connectivity index (χ3n) is 2.33. The lowest BCUT2D eigenvalue weighted by Gasteiger charge is -2.10. The first kappa shape index (κ1) is 10.7. The third kappa shape index (κ3) is 2.86. The van der Waals surface area contributed by atoms with Gasteiger partial charge in [0.1, 0.15) is 0 Å². The molecule has 16 heavy (non-hydrogen) atoms. The highest BCUT2D eigenvalue weighted by molar-refractivity contribution is 5.45. The predicted molar refractivity (Wildman–Crippen MR) is 66.5 cm³/mol.